The molecule has 0 aliphatic heterocycles. The van der Waals surface area contributed by atoms with Gasteiger partial charge in [-0.05, 0) is 12.1 Å². The molecule has 1 aromatic carbocycles. The summed E-state index contributed by atoms with van der Waals surface area (Å²) in [5, 5.41) is 0.501. The van der Waals surface area contributed by atoms with E-state index in [1.165, 1.54) is 24.3 Å². The summed E-state index contributed by atoms with van der Waals surface area (Å²) < 4.78 is 62.3. The summed E-state index contributed by atoms with van der Waals surface area (Å²) >= 11 is 0. The summed E-state index contributed by atoms with van der Waals surface area (Å²) in [5.41, 5.74) is 0. The molecule has 0 saturated heterocycles. The van der Waals surface area contributed by atoms with E-state index in [2.05, 4.69) is 4.74 Å². The summed E-state index contributed by atoms with van der Waals surface area (Å²) in [4.78, 5) is 10.8. The molecule has 0 atom stereocenters. The van der Waals surface area contributed by atoms with Gasteiger partial charge in [0.1, 0.15) is 0 Å². The van der Waals surface area contributed by atoms with Crippen LogP contribution >= 0.6 is 0 Å². The third kappa shape index (κ3) is 5.56. The SMILES string of the molecule is O=C(/C=C\S(=O)(=O)c1ccccc1)OCC(F)(F)F. The predicted octanol–water partition coefficient (Wildman–Crippen LogP) is 2.08. The zero-order valence-electron chi connectivity index (χ0n) is 9.42. The zero-order chi connectivity index (χ0) is 14.5. The lowest BCUT2D eigenvalue weighted by molar-refractivity contribution is -0.182. The van der Waals surface area contributed by atoms with Crippen LogP contribution in [-0.2, 0) is 19.4 Å². The minimum absolute atomic E-state index is 0.0742. The molecule has 0 saturated carbocycles. The van der Waals surface area contributed by atoms with Crippen LogP contribution in [0.3, 0.4) is 0 Å². The maximum atomic E-state index is 11.7. The Hall–Kier alpha value is -1.83. The average molecular weight is 294 g/mol. The summed E-state index contributed by atoms with van der Waals surface area (Å²) in [6.07, 6.45) is -4.21. The van der Waals surface area contributed by atoms with E-state index in [0.29, 0.717) is 11.5 Å². The lowest BCUT2D eigenvalue weighted by Gasteiger charge is -2.05. The first-order chi connectivity index (χ1) is 8.71. The molecule has 104 valence electrons. The van der Waals surface area contributed by atoms with E-state index < -0.39 is 28.6 Å². The first-order valence-electron chi connectivity index (χ1n) is 4.92. The van der Waals surface area contributed by atoms with E-state index in [-0.39, 0.29) is 4.90 Å². The highest BCUT2D eigenvalue weighted by Crippen LogP contribution is 2.15. The van der Waals surface area contributed by atoms with E-state index in [1.54, 1.807) is 6.07 Å². The van der Waals surface area contributed by atoms with Crippen LogP contribution in [0, 0.1) is 0 Å². The van der Waals surface area contributed by atoms with Gasteiger partial charge in [-0.15, -0.1) is 0 Å². The average Bonchev–Trinajstić information content (AvgIpc) is 2.34. The molecule has 8 heteroatoms. The maximum Gasteiger partial charge on any atom is 0.422 e. The Bertz CT molecular complexity index is 561. The molecule has 4 nitrogen and oxygen atoms in total. The van der Waals surface area contributed by atoms with E-state index in [4.69, 9.17) is 0 Å². The normalized spacial score (nSPS) is 12.6. The molecule has 0 bridgehead atoms. The van der Waals surface area contributed by atoms with Crippen LogP contribution < -0.4 is 0 Å². The number of alkyl halides is 3. The van der Waals surface area contributed by atoms with E-state index >= 15 is 0 Å². The third-order valence-corrected chi connectivity index (χ3v) is 3.26. The molecule has 0 aliphatic rings. The van der Waals surface area contributed by atoms with Gasteiger partial charge in [-0.1, -0.05) is 18.2 Å². The Morgan fingerprint density at radius 2 is 1.79 bits per heavy atom. The van der Waals surface area contributed by atoms with Crippen molar-refractivity contribution in [3.8, 4) is 0 Å². The van der Waals surface area contributed by atoms with Crippen LogP contribution in [0.15, 0.2) is 46.7 Å². The molecule has 0 N–H and O–H groups in total. The van der Waals surface area contributed by atoms with E-state index in [9.17, 15) is 26.4 Å². The molecule has 0 amide bonds. The molecule has 1 aromatic rings. The molecule has 0 fully saturated rings. The molecule has 0 aromatic heterocycles. The topological polar surface area (TPSA) is 60.4 Å². The molecule has 0 unspecified atom stereocenters. The minimum atomic E-state index is -4.65. The van der Waals surface area contributed by atoms with Gasteiger partial charge >= 0.3 is 12.1 Å². The van der Waals surface area contributed by atoms with E-state index in [0.717, 1.165) is 0 Å². The second-order valence-electron chi connectivity index (χ2n) is 3.38. The van der Waals surface area contributed by atoms with Crippen molar-refractivity contribution in [2.75, 3.05) is 6.61 Å². The molecular weight excluding hydrogens is 285 g/mol. The van der Waals surface area contributed by atoms with Crippen LogP contribution in [0.1, 0.15) is 0 Å². The van der Waals surface area contributed by atoms with Crippen LogP contribution in [0.5, 0.6) is 0 Å². The van der Waals surface area contributed by atoms with Crippen molar-refractivity contribution in [3.63, 3.8) is 0 Å². The van der Waals surface area contributed by atoms with Gasteiger partial charge in [0.15, 0.2) is 16.4 Å². The number of sulfone groups is 1. The summed E-state index contributed by atoms with van der Waals surface area (Å²) in [6.45, 7) is -1.76. The lowest BCUT2D eigenvalue weighted by atomic mass is 10.4. The van der Waals surface area contributed by atoms with Crippen molar-refractivity contribution in [2.24, 2.45) is 0 Å². The van der Waals surface area contributed by atoms with Crippen LogP contribution in [0.4, 0.5) is 13.2 Å². The highest BCUT2D eigenvalue weighted by Gasteiger charge is 2.29. The quantitative estimate of drug-likeness (QED) is 0.630. The number of halogens is 3. The highest BCUT2D eigenvalue weighted by molar-refractivity contribution is 7.94. The van der Waals surface area contributed by atoms with Gasteiger partial charge in [-0.25, -0.2) is 13.2 Å². The smallest absolute Gasteiger partial charge is 0.422 e. The number of hydrogen-bond acceptors (Lipinski definition) is 4. The minimum Gasteiger partial charge on any atom is -0.453 e. The van der Waals surface area contributed by atoms with Gasteiger partial charge < -0.3 is 4.74 Å². The Balaban J connectivity index is 2.69. The van der Waals surface area contributed by atoms with E-state index in [1.807, 2.05) is 0 Å². The van der Waals surface area contributed by atoms with Crippen molar-refractivity contribution in [3.05, 3.63) is 41.8 Å². The molecule has 19 heavy (non-hydrogen) atoms. The Morgan fingerprint density at radius 3 is 2.32 bits per heavy atom. The fourth-order valence-electron chi connectivity index (χ4n) is 1.03. The van der Waals surface area contributed by atoms with Crippen molar-refractivity contribution >= 4 is 15.8 Å². The molecule has 0 radical (unpaired) electrons. The van der Waals surface area contributed by atoms with Gasteiger partial charge in [0, 0.05) is 11.5 Å². The number of carbonyl (C=O) groups is 1. The van der Waals surface area contributed by atoms with Crippen LogP contribution in [0.25, 0.3) is 0 Å². The van der Waals surface area contributed by atoms with Gasteiger partial charge in [0.25, 0.3) is 0 Å². The van der Waals surface area contributed by atoms with Crippen LogP contribution in [0.2, 0.25) is 0 Å². The molecule has 0 aliphatic carbocycles. The number of hydrogen-bond donors (Lipinski definition) is 0. The molecular formula is C11H9F3O4S. The Morgan fingerprint density at radius 1 is 1.21 bits per heavy atom. The number of benzene rings is 1. The largest absolute Gasteiger partial charge is 0.453 e. The lowest BCUT2D eigenvalue weighted by Crippen LogP contribution is -2.19. The number of carbonyl (C=O) groups excluding carboxylic acids is 1. The summed E-state index contributed by atoms with van der Waals surface area (Å²) in [7, 11) is -3.87. The van der Waals surface area contributed by atoms with Gasteiger partial charge in [-0.2, -0.15) is 13.2 Å². The van der Waals surface area contributed by atoms with Gasteiger partial charge in [-0.3, -0.25) is 0 Å². The molecule has 1 rings (SSSR count). The third-order valence-electron chi connectivity index (χ3n) is 1.83. The van der Waals surface area contributed by atoms with Crippen molar-refractivity contribution in [2.45, 2.75) is 11.1 Å². The van der Waals surface area contributed by atoms with Crippen molar-refractivity contribution < 1.29 is 31.1 Å². The standard InChI is InChI=1S/C11H9F3O4S/c12-11(13,14)8-18-10(15)6-7-19(16,17)9-4-2-1-3-5-9/h1-7H,8H2/b7-6-. The van der Waals surface area contributed by atoms with Gasteiger partial charge in [0.05, 0.1) is 4.90 Å². The summed E-state index contributed by atoms with van der Waals surface area (Å²) in [6, 6.07) is 7.13. The van der Waals surface area contributed by atoms with Crippen LogP contribution in [-0.4, -0.2) is 27.2 Å². The Kier molecular flexibility index (Phi) is 4.71. The fraction of sp³-hybridized carbons (Fsp3) is 0.182. The maximum absolute atomic E-state index is 11.7. The second kappa shape index (κ2) is 5.87. The fourth-order valence-corrected chi connectivity index (χ4v) is 2.02. The number of esters is 1. The zero-order valence-corrected chi connectivity index (χ0v) is 10.2. The van der Waals surface area contributed by atoms with Gasteiger partial charge in [0.2, 0.25) is 0 Å². The van der Waals surface area contributed by atoms with Crippen molar-refractivity contribution in [1.82, 2.24) is 0 Å². The number of rotatable bonds is 4. The summed E-state index contributed by atoms with van der Waals surface area (Å²) in [5.74, 6) is -1.38. The monoisotopic (exact) mass is 294 g/mol. The molecule has 0 heterocycles. The second-order valence-corrected chi connectivity index (χ2v) is 5.22. The van der Waals surface area contributed by atoms with Crippen molar-refractivity contribution in [1.29, 1.82) is 0 Å². The first kappa shape index (κ1) is 15.2. The predicted molar refractivity (Wildman–Crippen MR) is 59.8 cm³/mol. The number of ether oxygens (including phenoxy) is 1. The highest BCUT2D eigenvalue weighted by atomic mass is 32.2. The Labute approximate surface area is 107 Å². The molecule has 0 spiro atoms. The first-order valence-corrected chi connectivity index (χ1v) is 6.47.